The first kappa shape index (κ1) is 21.7. The number of anilines is 3. The van der Waals surface area contributed by atoms with Crippen LogP contribution in [0.2, 0.25) is 0 Å². The van der Waals surface area contributed by atoms with Crippen molar-refractivity contribution < 1.29 is 24.9 Å². The van der Waals surface area contributed by atoms with Gasteiger partial charge in [-0.25, -0.2) is 0 Å². The topological polar surface area (TPSA) is 110 Å². The summed E-state index contributed by atoms with van der Waals surface area (Å²) in [6.07, 6.45) is 2.64. The fourth-order valence-electron chi connectivity index (χ4n) is 3.54. The van der Waals surface area contributed by atoms with Gasteiger partial charge in [-0.1, -0.05) is 37.3 Å². The molecule has 0 radical (unpaired) electrons. The van der Waals surface area contributed by atoms with Crippen molar-refractivity contribution in [3.8, 4) is 0 Å². The third-order valence-electron chi connectivity index (χ3n) is 5.22. The van der Waals surface area contributed by atoms with Crippen molar-refractivity contribution in [2.45, 2.75) is 32.0 Å². The van der Waals surface area contributed by atoms with Crippen LogP contribution in [0.4, 0.5) is 17.1 Å². The van der Waals surface area contributed by atoms with Gasteiger partial charge in [0.2, 0.25) is 0 Å². The Balaban J connectivity index is 2.10. The van der Waals surface area contributed by atoms with Gasteiger partial charge < -0.3 is 20.6 Å². The van der Waals surface area contributed by atoms with Crippen molar-refractivity contribution in [1.29, 1.82) is 0 Å². The molecule has 3 atom stereocenters. The molecule has 30 heavy (non-hydrogen) atoms. The quantitative estimate of drug-likeness (QED) is 0.524. The molecule has 2 aromatic rings. The highest BCUT2D eigenvalue weighted by molar-refractivity contribution is 6.12. The minimum Gasteiger partial charge on any atom is -0.396 e. The molecule has 0 fully saturated rings. The van der Waals surface area contributed by atoms with E-state index < -0.39 is 29.4 Å². The van der Waals surface area contributed by atoms with Crippen LogP contribution in [0.1, 0.15) is 25.8 Å². The molecule has 0 bridgehead atoms. The fourth-order valence-corrected chi connectivity index (χ4v) is 3.54. The highest BCUT2D eigenvalue weighted by Crippen LogP contribution is 2.49. The molecular formula is C23H26N2O5. The molecule has 7 heteroatoms. The monoisotopic (exact) mass is 410 g/mol. The smallest absolute Gasteiger partial charge is 0.268 e. The number of hydrogen-bond acceptors (Lipinski definition) is 5. The van der Waals surface area contributed by atoms with Crippen molar-refractivity contribution in [2.24, 2.45) is 5.92 Å². The molecule has 158 valence electrons. The summed E-state index contributed by atoms with van der Waals surface area (Å²) in [5.74, 6) is -1.67. The zero-order valence-electron chi connectivity index (χ0n) is 16.9. The number of amides is 2. The highest BCUT2D eigenvalue weighted by atomic mass is 16.3. The van der Waals surface area contributed by atoms with Crippen molar-refractivity contribution >= 4 is 28.9 Å². The van der Waals surface area contributed by atoms with E-state index in [1.165, 1.54) is 11.8 Å². The lowest BCUT2D eigenvalue weighted by molar-refractivity contribution is -0.138. The second kappa shape index (κ2) is 8.79. The summed E-state index contributed by atoms with van der Waals surface area (Å²) in [6, 6.07) is 13.9. The molecule has 1 heterocycles. The van der Waals surface area contributed by atoms with E-state index in [1.54, 1.807) is 49.4 Å². The number of nitrogens with one attached hydrogen (secondary N) is 1. The van der Waals surface area contributed by atoms with Gasteiger partial charge >= 0.3 is 0 Å². The Morgan fingerprint density at radius 1 is 1.20 bits per heavy atom. The number of carbonyl (C=O) groups excluding carboxylic acids is 2. The number of nitrogens with zero attached hydrogens (tertiary/aromatic N) is 1. The average molecular weight is 410 g/mol. The van der Waals surface area contributed by atoms with E-state index in [0.29, 0.717) is 29.0 Å². The third kappa shape index (κ3) is 3.87. The van der Waals surface area contributed by atoms with Crippen LogP contribution in [0.15, 0.2) is 60.7 Å². The van der Waals surface area contributed by atoms with Crippen molar-refractivity contribution in [3.05, 3.63) is 66.2 Å². The van der Waals surface area contributed by atoms with Crippen molar-refractivity contribution in [3.63, 3.8) is 0 Å². The van der Waals surface area contributed by atoms with E-state index in [4.69, 9.17) is 5.11 Å². The van der Waals surface area contributed by atoms with Crippen LogP contribution in [-0.4, -0.2) is 39.8 Å². The molecule has 3 rings (SSSR count). The molecular weight excluding hydrogens is 384 g/mol. The first-order chi connectivity index (χ1) is 14.3. The number of benzene rings is 2. The molecule has 0 saturated heterocycles. The Hall–Kier alpha value is -3.00. The zero-order valence-corrected chi connectivity index (χ0v) is 16.9. The van der Waals surface area contributed by atoms with E-state index in [9.17, 15) is 19.8 Å². The predicted molar refractivity (Wildman–Crippen MR) is 114 cm³/mol. The standard InChI is InChI=1S/C23H26N2O5/c1-15(8-6-7-13-26)23(30)19-14-17(24-21(28)16(2)27)11-12-20(19)25(22(23)29)18-9-4-3-5-10-18/h3-6,8-12,14-16,26-27,30H,7,13H2,1-2H3,(H,24,28)/b8-6+/t15-,16-,23+/m0/s1. The normalized spacial score (nSPS) is 20.3. The zero-order chi connectivity index (χ0) is 21.9. The van der Waals surface area contributed by atoms with E-state index >= 15 is 0 Å². The molecule has 0 saturated carbocycles. The lowest BCUT2D eigenvalue weighted by Gasteiger charge is -2.27. The van der Waals surface area contributed by atoms with E-state index in [-0.39, 0.29) is 6.61 Å². The average Bonchev–Trinajstić information content (AvgIpc) is 2.96. The SMILES string of the molecule is C[C@H](O)C(=O)Nc1ccc2c(c1)[C@](O)([C@@H](C)/C=C/CCO)C(=O)N2c1ccccc1. The fraction of sp³-hybridized carbons (Fsp3) is 0.304. The molecule has 1 aliphatic rings. The van der Waals surface area contributed by atoms with Gasteiger partial charge in [0.15, 0.2) is 5.60 Å². The largest absolute Gasteiger partial charge is 0.396 e. The summed E-state index contributed by atoms with van der Waals surface area (Å²) in [4.78, 5) is 26.8. The lowest BCUT2D eigenvalue weighted by atomic mass is 9.82. The Bertz CT molecular complexity index is 957. The predicted octanol–water partition coefficient (Wildman–Crippen LogP) is 2.45. The minimum atomic E-state index is -1.86. The van der Waals surface area contributed by atoms with Gasteiger partial charge in [-0.2, -0.15) is 0 Å². The Morgan fingerprint density at radius 3 is 2.53 bits per heavy atom. The van der Waals surface area contributed by atoms with Gasteiger partial charge in [0.25, 0.3) is 11.8 Å². The van der Waals surface area contributed by atoms with Gasteiger partial charge in [-0.05, 0) is 43.7 Å². The summed E-state index contributed by atoms with van der Waals surface area (Å²) in [5, 5.41) is 32.7. The molecule has 7 nitrogen and oxygen atoms in total. The van der Waals surface area contributed by atoms with Crippen LogP contribution >= 0.6 is 0 Å². The maximum Gasteiger partial charge on any atom is 0.268 e. The van der Waals surface area contributed by atoms with Gasteiger partial charge in [0, 0.05) is 29.5 Å². The van der Waals surface area contributed by atoms with Crippen LogP contribution in [-0.2, 0) is 15.2 Å². The lowest BCUT2D eigenvalue weighted by Crippen LogP contribution is -2.42. The molecule has 0 unspecified atom stereocenters. The minimum absolute atomic E-state index is 0.0299. The number of aliphatic hydroxyl groups excluding tert-OH is 2. The Labute approximate surface area is 175 Å². The summed E-state index contributed by atoms with van der Waals surface area (Å²) >= 11 is 0. The number of hydrogen-bond donors (Lipinski definition) is 4. The van der Waals surface area contributed by atoms with E-state index in [0.717, 1.165) is 0 Å². The Kier molecular flexibility index (Phi) is 6.36. The van der Waals surface area contributed by atoms with Gasteiger partial charge in [0.1, 0.15) is 6.10 Å². The number of rotatable bonds is 7. The molecule has 2 amide bonds. The second-order valence-electron chi connectivity index (χ2n) is 7.37. The van der Waals surface area contributed by atoms with Crippen molar-refractivity contribution in [1.82, 2.24) is 0 Å². The summed E-state index contributed by atoms with van der Waals surface area (Å²) < 4.78 is 0. The van der Waals surface area contributed by atoms with E-state index in [1.807, 2.05) is 18.2 Å². The van der Waals surface area contributed by atoms with Crippen LogP contribution in [0.3, 0.4) is 0 Å². The maximum absolute atomic E-state index is 13.5. The molecule has 0 aromatic heterocycles. The van der Waals surface area contributed by atoms with Gasteiger partial charge in [-0.15, -0.1) is 0 Å². The molecule has 2 aromatic carbocycles. The number of fused-ring (bicyclic) bond motifs is 1. The first-order valence-corrected chi connectivity index (χ1v) is 9.83. The van der Waals surface area contributed by atoms with Gasteiger partial charge in [-0.3, -0.25) is 14.5 Å². The third-order valence-corrected chi connectivity index (χ3v) is 5.22. The van der Waals surface area contributed by atoms with Crippen LogP contribution in [0.25, 0.3) is 0 Å². The van der Waals surface area contributed by atoms with Crippen LogP contribution < -0.4 is 10.2 Å². The van der Waals surface area contributed by atoms with Crippen LogP contribution in [0, 0.1) is 5.92 Å². The number of aliphatic hydroxyl groups is 3. The molecule has 4 N–H and O–H groups in total. The second-order valence-corrected chi connectivity index (χ2v) is 7.37. The first-order valence-electron chi connectivity index (χ1n) is 9.83. The van der Waals surface area contributed by atoms with Gasteiger partial charge in [0.05, 0.1) is 5.69 Å². The number of para-hydroxylation sites is 1. The summed E-state index contributed by atoms with van der Waals surface area (Å²) in [6.45, 7) is 3.05. The number of carbonyl (C=O) groups is 2. The maximum atomic E-state index is 13.5. The summed E-state index contributed by atoms with van der Waals surface area (Å²) in [5.41, 5.74) is 0.00856. The molecule has 0 spiro atoms. The molecule has 1 aliphatic heterocycles. The van der Waals surface area contributed by atoms with E-state index in [2.05, 4.69) is 5.32 Å². The Morgan fingerprint density at radius 2 is 1.90 bits per heavy atom. The van der Waals surface area contributed by atoms with Crippen molar-refractivity contribution in [2.75, 3.05) is 16.8 Å². The molecule has 0 aliphatic carbocycles. The highest BCUT2D eigenvalue weighted by Gasteiger charge is 2.53. The summed E-state index contributed by atoms with van der Waals surface area (Å²) in [7, 11) is 0. The van der Waals surface area contributed by atoms with Crippen LogP contribution in [0.5, 0.6) is 0 Å².